The Morgan fingerprint density at radius 1 is 1.30 bits per heavy atom. The number of aliphatic hydroxyl groups excluding tert-OH is 2. The number of carbonyl (C=O) groups is 1. The maximum Gasteiger partial charge on any atom is 0.478 e. The summed E-state index contributed by atoms with van der Waals surface area (Å²) in [6, 6.07) is -0.920. The Bertz CT molecular complexity index is 1200. The molecule has 3 heterocycles. The van der Waals surface area contributed by atoms with Crippen LogP contribution < -0.4 is 21.5 Å². The zero-order chi connectivity index (χ0) is 27.7. The molecule has 5 N–H and O–H groups in total. The number of ether oxygens (including phenoxy) is 2. The second kappa shape index (κ2) is 11.6. The lowest BCUT2D eigenvalue weighted by Crippen LogP contribution is -2.55. The Labute approximate surface area is 209 Å². The predicted octanol–water partition coefficient (Wildman–Crippen LogP) is -1.89. The number of H-pyrrole nitrogens is 1. The molecule has 210 valence electrons. The standard InChI is InChI=1S/C18H29N3O14P2/c1-8-6-21(18(26)20-16(8)25)14-5-12(23)13(33-14)7-31-36(27,28)35-37(29,30)34-17-15(24)11(19-10(3)22)4-9(2)32-17/h6,9,11-15,17,23-24H,4-5,7H2,1-3H3,(H,19,22)(H,27,28)(H,29,30)(H,20,25,26)/p-1. The van der Waals surface area contributed by atoms with Crippen molar-refractivity contribution in [2.24, 2.45) is 0 Å². The van der Waals surface area contributed by atoms with E-state index in [9.17, 15) is 43.5 Å². The third-order valence-corrected chi connectivity index (χ3v) is 8.10. The molecule has 19 heteroatoms. The Kier molecular flexibility index (Phi) is 9.31. The van der Waals surface area contributed by atoms with E-state index in [1.54, 1.807) is 0 Å². The summed E-state index contributed by atoms with van der Waals surface area (Å²) < 4.78 is 49.5. The van der Waals surface area contributed by atoms with E-state index < -0.39 is 82.4 Å². The molecule has 0 saturated carbocycles. The average Bonchev–Trinajstić information content (AvgIpc) is 3.11. The highest BCUT2D eigenvalue weighted by atomic mass is 31.3. The molecule has 2 aliphatic rings. The number of nitrogens with zero attached hydrogens (tertiary/aromatic N) is 1. The number of phosphoric acid groups is 2. The summed E-state index contributed by atoms with van der Waals surface area (Å²) in [5.41, 5.74) is -1.22. The number of aryl methyl sites for hydroxylation is 1. The number of aromatic amines is 1. The van der Waals surface area contributed by atoms with Gasteiger partial charge in [0, 0.05) is 25.1 Å². The van der Waals surface area contributed by atoms with Gasteiger partial charge in [0.25, 0.3) is 13.4 Å². The van der Waals surface area contributed by atoms with E-state index >= 15 is 0 Å². The van der Waals surface area contributed by atoms with Crippen LogP contribution >= 0.6 is 15.6 Å². The van der Waals surface area contributed by atoms with Crippen LogP contribution in [0.2, 0.25) is 0 Å². The zero-order valence-electron chi connectivity index (χ0n) is 19.9. The van der Waals surface area contributed by atoms with E-state index in [0.717, 1.165) is 4.57 Å². The van der Waals surface area contributed by atoms with E-state index in [1.807, 2.05) is 0 Å². The molecule has 9 atom stereocenters. The summed E-state index contributed by atoms with van der Waals surface area (Å²) in [7, 11) is -11.0. The van der Waals surface area contributed by atoms with E-state index in [-0.39, 0.29) is 18.4 Å². The smallest absolute Gasteiger partial charge is 0.478 e. The number of carbonyl (C=O) groups excluding carboxylic acids is 1. The lowest BCUT2D eigenvalue weighted by atomic mass is 10.0. The van der Waals surface area contributed by atoms with Crippen molar-refractivity contribution in [1.29, 1.82) is 0 Å². The number of nitrogens with one attached hydrogen (secondary N) is 2. The highest BCUT2D eigenvalue weighted by Gasteiger charge is 2.42. The van der Waals surface area contributed by atoms with Crippen molar-refractivity contribution in [3.05, 3.63) is 32.6 Å². The number of amides is 1. The van der Waals surface area contributed by atoms with Gasteiger partial charge < -0.3 is 34.8 Å². The molecule has 1 aromatic rings. The number of aliphatic hydroxyl groups is 2. The van der Waals surface area contributed by atoms with Gasteiger partial charge in [-0.05, 0) is 20.3 Å². The van der Waals surface area contributed by atoms with Crippen molar-refractivity contribution >= 4 is 21.6 Å². The van der Waals surface area contributed by atoms with Crippen LogP contribution in [0.5, 0.6) is 0 Å². The molecule has 0 spiro atoms. The van der Waals surface area contributed by atoms with Crippen molar-refractivity contribution in [3.8, 4) is 0 Å². The second-order valence-corrected chi connectivity index (χ2v) is 11.6. The highest BCUT2D eigenvalue weighted by molar-refractivity contribution is 7.60. The highest BCUT2D eigenvalue weighted by Crippen LogP contribution is 2.59. The summed E-state index contributed by atoms with van der Waals surface area (Å²) in [4.78, 5) is 59.0. The maximum absolute atomic E-state index is 12.2. The van der Waals surface area contributed by atoms with Crippen LogP contribution in [-0.2, 0) is 36.8 Å². The third-order valence-electron chi connectivity index (χ3n) is 5.53. The first kappa shape index (κ1) is 29.8. The Morgan fingerprint density at radius 2 is 1.97 bits per heavy atom. The molecular weight excluding hydrogens is 544 g/mol. The van der Waals surface area contributed by atoms with Crippen molar-refractivity contribution in [1.82, 2.24) is 14.9 Å². The van der Waals surface area contributed by atoms with E-state index in [2.05, 4.69) is 23.7 Å². The van der Waals surface area contributed by atoms with E-state index in [1.165, 1.54) is 27.0 Å². The van der Waals surface area contributed by atoms with E-state index in [0.29, 0.717) is 0 Å². The van der Waals surface area contributed by atoms with Crippen LogP contribution in [0.4, 0.5) is 0 Å². The SMILES string of the molecule is CC(=O)NC1CC(C)OC(OP(=O)([O-])OP(=O)(O)OCC2OC(n3cc(C)c(=O)[nH]c3=O)CC2O)C1O. The molecule has 17 nitrogen and oxygen atoms in total. The number of hydrogen-bond acceptors (Lipinski definition) is 13. The van der Waals surface area contributed by atoms with Crippen molar-refractivity contribution in [2.45, 2.75) is 76.6 Å². The minimum absolute atomic E-state index is 0.141. The van der Waals surface area contributed by atoms with Crippen LogP contribution in [0.3, 0.4) is 0 Å². The van der Waals surface area contributed by atoms with Crippen LogP contribution in [0, 0.1) is 6.92 Å². The first-order valence-corrected chi connectivity index (χ1v) is 14.0. The first-order valence-electron chi connectivity index (χ1n) is 11.0. The van der Waals surface area contributed by atoms with Crippen LogP contribution in [-0.4, -0.2) is 73.9 Å². The van der Waals surface area contributed by atoms with Crippen LogP contribution in [0.15, 0.2) is 15.8 Å². The molecule has 2 aliphatic heterocycles. The fourth-order valence-electron chi connectivity index (χ4n) is 3.84. The van der Waals surface area contributed by atoms with Gasteiger partial charge in [0.15, 0.2) is 6.29 Å². The van der Waals surface area contributed by atoms with Gasteiger partial charge in [-0.15, -0.1) is 0 Å². The van der Waals surface area contributed by atoms with Crippen molar-refractivity contribution in [3.63, 3.8) is 0 Å². The molecule has 0 radical (unpaired) electrons. The summed E-state index contributed by atoms with van der Waals surface area (Å²) >= 11 is 0. The van der Waals surface area contributed by atoms with Crippen molar-refractivity contribution < 1.29 is 56.8 Å². The number of aromatic nitrogens is 2. The molecule has 1 aromatic heterocycles. The Morgan fingerprint density at radius 3 is 2.62 bits per heavy atom. The summed E-state index contributed by atoms with van der Waals surface area (Å²) in [5, 5.41) is 22.9. The number of rotatable bonds is 9. The van der Waals surface area contributed by atoms with Gasteiger partial charge in [-0.3, -0.25) is 32.8 Å². The van der Waals surface area contributed by atoms with Crippen molar-refractivity contribution in [2.75, 3.05) is 6.61 Å². The lowest BCUT2D eigenvalue weighted by molar-refractivity contribution is -0.266. The predicted molar refractivity (Wildman–Crippen MR) is 119 cm³/mol. The topological polar surface area (TPSA) is 248 Å². The largest absolute Gasteiger partial charge is 0.756 e. The first-order chi connectivity index (χ1) is 17.1. The third kappa shape index (κ3) is 7.88. The van der Waals surface area contributed by atoms with Gasteiger partial charge >= 0.3 is 13.5 Å². The molecular formula is C18H28N3O14P2-. The molecule has 37 heavy (non-hydrogen) atoms. The summed E-state index contributed by atoms with van der Waals surface area (Å²) in [5.74, 6) is -0.495. The minimum atomic E-state index is -5.63. The monoisotopic (exact) mass is 572 g/mol. The quantitative estimate of drug-likeness (QED) is 0.203. The fourth-order valence-corrected chi connectivity index (χ4v) is 5.96. The van der Waals surface area contributed by atoms with Gasteiger partial charge in [-0.1, -0.05) is 0 Å². The molecule has 1 amide bonds. The lowest BCUT2D eigenvalue weighted by Gasteiger charge is -2.40. The molecule has 2 saturated heterocycles. The van der Waals surface area contributed by atoms with Gasteiger partial charge in [-0.25, -0.2) is 13.7 Å². The number of phosphoric ester groups is 2. The van der Waals surface area contributed by atoms with Gasteiger partial charge in [0.05, 0.1) is 24.9 Å². The molecule has 0 bridgehead atoms. The normalized spacial score (nSPS) is 33.4. The minimum Gasteiger partial charge on any atom is -0.756 e. The fraction of sp³-hybridized carbons (Fsp3) is 0.722. The zero-order valence-corrected chi connectivity index (χ0v) is 21.7. The summed E-state index contributed by atoms with van der Waals surface area (Å²) in [6.07, 6.45) is -6.58. The molecule has 2 fully saturated rings. The average molecular weight is 572 g/mol. The second-order valence-electron chi connectivity index (χ2n) is 8.66. The molecule has 3 rings (SSSR count). The van der Waals surface area contributed by atoms with Gasteiger partial charge in [0.2, 0.25) is 5.91 Å². The molecule has 9 unspecified atom stereocenters. The maximum atomic E-state index is 12.2. The van der Waals surface area contributed by atoms with E-state index in [4.69, 9.17) is 9.47 Å². The Hall–Kier alpha value is -1.75. The molecule has 0 aliphatic carbocycles. The Balaban J connectivity index is 1.59. The van der Waals surface area contributed by atoms with Crippen LogP contribution in [0.25, 0.3) is 0 Å². The van der Waals surface area contributed by atoms with Gasteiger partial charge in [-0.2, -0.15) is 0 Å². The van der Waals surface area contributed by atoms with Gasteiger partial charge in [0.1, 0.15) is 18.4 Å². The molecule has 0 aromatic carbocycles. The van der Waals surface area contributed by atoms with Crippen LogP contribution in [0.1, 0.15) is 38.5 Å². The summed E-state index contributed by atoms with van der Waals surface area (Å²) in [6.45, 7) is 3.33. The number of hydrogen-bond donors (Lipinski definition) is 5.